The number of nitrogens with zero attached hydrogens (tertiary/aromatic N) is 2. The van der Waals surface area contributed by atoms with Gasteiger partial charge >= 0.3 is 0 Å². The van der Waals surface area contributed by atoms with E-state index in [4.69, 9.17) is 0 Å². The molecular formula is C21H16FN3S. The van der Waals surface area contributed by atoms with E-state index in [1.807, 2.05) is 18.2 Å². The zero-order valence-electron chi connectivity index (χ0n) is 14.1. The highest BCUT2D eigenvalue weighted by Gasteiger charge is 2.07. The van der Waals surface area contributed by atoms with Crippen LogP contribution in [0.25, 0.3) is 34.8 Å². The van der Waals surface area contributed by atoms with E-state index in [-0.39, 0.29) is 5.82 Å². The molecule has 0 spiro atoms. The Morgan fingerprint density at radius 2 is 1.81 bits per heavy atom. The van der Waals surface area contributed by atoms with E-state index in [1.54, 1.807) is 29.7 Å². The Morgan fingerprint density at radius 1 is 0.962 bits per heavy atom. The molecule has 4 aromatic rings. The first-order chi connectivity index (χ1) is 12.7. The van der Waals surface area contributed by atoms with Crippen LogP contribution in [0.1, 0.15) is 15.3 Å². The summed E-state index contributed by atoms with van der Waals surface area (Å²) in [7, 11) is 0. The second-order valence-corrected chi connectivity index (χ2v) is 7.25. The van der Waals surface area contributed by atoms with E-state index in [1.165, 1.54) is 21.9 Å². The maximum absolute atomic E-state index is 13.1. The number of rotatable bonds is 4. The minimum atomic E-state index is -0.258. The fourth-order valence-electron chi connectivity index (χ4n) is 2.64. The van der Waals surface area contributed by atoms with Crippen LogP contribution in [0.15, 0.2) is 60.8 Å². The average Bonchev–Trinajstić information content (AvgIpc) is 3.30. The summed E-state index contributed by atoms with van der Waals surface area (Å²) >= 11 is 1.76. The summed E-state index contributed by atoms with van der Waals surface area (Å²) in [4.78, 5) is 6.95. The molecule has 5 heteroatoms. The van der Waals surface area contributed by atoms with Gasteiger partial charge in [0, 0.05) is 21.5 Å². The van der Waals surface area contributed by atoms with Crippen LogP contribution in [-0.4, -0.2) is 15.2 Å². The van der Waals surface area contributed by atoms with Gasteiger partial charge in [-0.3, -0.25) is 10.1 Å². The highest BCUT2D eigenvalue weighted by Crippen LogP contribution is 2.24. The molecule has 0 atom stereocenters. The molecule has 26 heavy (non-hydrogen) atoms. The lowest BCUT2D eigenvalue weighted by molar-refractivity contribution is 0.628. The first-order valence-corrected chi connectivity index (χ1v) is 9.01. The third-order valence-corrected chi connectivity index (χ3v) is 4.94. The molecule has 0 fully saturated rings. The minimum absolute atomic E-state index is 0.258. The number of aromatic amines is 1. The average molecular weight is 361 g/mol. The van der Waals surface area contributed by atoms with Crippen molar-refractivity contribution in [2.45, 2.75) is 6.92 Å². The van der Waals surface area contributed by atoms with Crippen LogP contribution in [0, 0.1) is 12.7 Å². The Morgan fingerprint density at radius 3 is 2.58 bits per heavy atom. The number of aryl methyl sites for hydroxylation is 1. The molecule has 0 aliphatic heterocycles. The number of hydrogen-bond acceptors (Lipinski definition) is 3. The summed E-state index contributed by atoms with van der Waals surface area (Å²) < 4.78 is 13.1. The van der Waals surface area contributed by atoms with Crippen molar-refractivity contribution in [3.63, 3.8) is 0 Å². The number of benzene rings is 1. The minimum Gasteiger partial charge on any atom is -0.276 e. The largest absolute Gasteiger partial charge is 0.276 e. The standard InChI is InChI=1S/C21H16FN3S/c1-14-2-8-18(26-14)9-3-15-10-11-23-20(12-15)21-13-19(24-25-21)16-4-6-17(22)7-5-16/h2-13H,1H3,(H,24,25)/b9-3+. The molecule has 128 valence electrons. The molecule has 3 heterocycles. The lowest BCUT2D eigenvalue weighted by atomic mass is 10.1. The maximum Gasteiger partial charge on any atom is 0.123 e. The fourth-order valence-corrected chi connectivity index (χ4v) is 3.42. The Labute approximate surface area is 154 Å². The molecule has 4 rings (SSSR count). The van der Waals surface area contributed by atoms with Crippen molar-refractivity contribution in [2.24, 2.45) is 0 Å². The summed E-state index contributed by atoms with van der Waals surface area (Å²) in [6, 6.07) is 16.4. The zero-order valence-corrected chi connectivity index (χ0v) is 14.9. The van der Waals surface area contributed by atoms with Crippen molar-refractivity contribution in [2.75, 3.05) is 0 Å². The van der Waals surface area contributed by atoms with Crippen molar-refractivity contribution in [3.05, 3.63) is 81.9 Å². The summed E-state index contributed by atoms with van der Waals surface area (Å²) in [6.45, 7) is 2.10. The van der Waals surface area contributed by atoms with Gasteiger partial charge in [-0.25, -0.2) is 4.39 Å². The Bertz CT molecular complexity index is 1060. The number of halogens is 1. The SMILES string of the molecule is Cc1ccc(/C=C/c2ccnc(-c3cc(-c4ccc(F)cc4)n[nH]3)c2)s1. The molecule has 1 N–H and O–H groups in total. The molecule has 0 aliphatic carbocycles. The van der Waals surface area contributed by atoms with Gasteiger partial charge in [0.2, 0.25) is 0 Å². The third-order valence-electron chi connectivity index (χ3n) is 3.98. The molecular weight excluding hydrogens is 345 g/mol. The van der Waals surface area contributed by atoms with Crippen LogP contribution >= 0.6 is 11.3 Å². The van der Waals surface area contributed by atoms with Crippen LogP contribution < -0.4 is 0 Å². The van der Waals surface area contributed by atoms with Gasteiger partial charge in [-0.1, -0.05) is 6.08 Å². The van der Waals surface area contributed by atoms with Crippen molar-refractivity contribution in [1.82, 2.24) is 15.2 Å². The number of nitrogens with one attached hydrogen (secondary N) is 1. The molecule has 3 nitrogen and oxygen atoms in total. The predicted molar refractivity (Wildman–Crippen MR) is 105 cm³/mol. The van der Waals surface area contributed by atoms with Gasteiger partial charge in [0.05, 0.1) is 17.1 Å². The number of pyridine rings is 1. The number of thiophene rings is 1. The van der Waals surface area contributed by atoms with E-state index in [9.17, 15) is 4.39 Å². The monoisotopic (exact) mass is 361 g/mol. The summed E-state index contributed by atoms with van der Waals surface area (Å²) in [5.74, 6) is -0.258. The van der Waals surface area contributed by atoms with E-state index < -0.39 is 0 Å². The Hall–Kier alpha value is -3.05. The van der Waals surface area contributed by atoms with Crippen LogP contribution in [0.3, 0.4) is 0 Å². The molecule has 0 amide bonds. The van der Waals surface area contributed by atoms with Gasteiger partial charge in [0.15, 0.2) is 0 Å². The van der Waals surface area contributed by atoms with Crippen LogP contribution in [0.4, 0.5) is 4.39 Å². The molecule has 3 aromatic heterocycles. The van der Waals surface area contributed by atoms with E-state index >= 15 is 0 Å². The fraction of sp³-hybridized carbons (Fsp3) is 0.0476. The highest BCUT2D eigenvalue weighted by atomic mass is 32.1. The molecule has 0 saturated carbocycles. The lowest BCUT2D eigenvalue weighted by Crippen LogP contribution is -1.84. The van der Waals surface area contributed by atoms with Crippen molar-refractivity contribution >= 4 is 23.5 Å². The van der Waals surface area contributed by atoms with Gasteiger partial charge in [-0.15, -0.1) is 11.3 Å². The third kappa shape index (κ3) is 3.63. The molecule has 0 aliphatic rings. The second-order valence-electron chi connectivity index (χ2n) is 5.93. The van der Waals surface area contributed by atoms with Crippen molar-refractivity contribution in [1.29, 1.82) is 0 Å². The number of aromatic nitrogens is 3. The summed E-state index contributed by atoms with van der Waals surface area (Å²) in [5.41, 5.74) is 4.33. The maximum atomic E-state index is 13.1. The van der Waals surface area contributed by atoms with Gasteiger partial charge in [-0.2, -0.15) is 5.10 Å². The van der Waals surface area contributed by atoms with Gasteiger partial charge < -0.3 is 0 Å². The van der Waals surface area contributed by atoms with Crippen molar-refractivity contribution < 1.29 is 4.39 Å². The zero-order chi connectivity index (χ0) is 17.9. The molecule has 0 unspecified atom stereocenters. The van der Waals surface area contributed by atoms with Gasteiger partial charge in [-0.05, 0) is 73.2 Å². The molecule has 0 bridgehead atoms. The van der Waals surface area contributed by atoms with Gasteiger partial charge in [0.25, 0.3) is 0 Å². The lowest BCUT2D eigenvalue weighted by Gasteiger charge is -1.98. The first kappa shape index (κ1) is 16.4. The predicted octanol–water partition coefficient (Wildman–Crippen LogP) is 5.82. The second kappa shape index (κ2) is 7.06. The highest BCUT2D eigenvalue weighted by molar-refractivity contribution is 7.12. The smallest absolute Gasteiger partial charge is 0.123 e. The van der Waals surface area contributed by atoms with Crippen LogP contribution in [-0.2, 0) is 0 Å². The van der Waals surface area contributed by atoms with E-state index in [0.29, 0.717) is 0 Å². The normalized spacial score (nSPS) is 11.3. The Kier molecular flexibility index (Phi) is 4.46. The Balaban J connectivity index is 1.58. The molecule has 0 radical (unpaired) electrons. The van der Waals surface area contributed by atoms with E-state index in [0.717, 1.165) is 28.2 Å². The molecule has 0 saturated heterocycles. The topological polar surface area (TPSA) is 41.6 Å². The number of hydrogen-bond donors (Lipinski definition) is 1. The van der Waals surface area contributed by atoms with Crippen LogP contribution in [0.2, 0.25) is 0 Å². The van der Waals surface area contributed by atoms with Crippen LogP contribution in [0.5, 0.6) is 0 Å². The number of H-pyrrole nitrogens is 1. The summed E-state index contributed by atoms with van der Waals surface area (Å²) in [5, 5.41) is 7.33. The summed E-state index contributed by atoms with van der Waals surface area (Å²) in [6.07, 6.45) is 5.97. The molecule has 1 aromatic carbocycles. The first-order valence-electron chi connectivity index (χ1n) is 8.20. The quantitative estimate of drug-likeness (QED) is 0.498. The van der Waals surface area contributed by atoms with E-state index in [2.05, 4.69) is 46.4 Å². The van der Waals surface area contributed by atoms with Crippen molar-refractivity contribution in [3.8, 4) is 22.6 Å². The van der Waals surface area contributed by atoms with Gasteiger partial charge in [0.1, 0.15) is 5.82 Å².